The normalized spacial score (nSPS) is 12.0. The van der Waals surface area contributed by atoms with E-state index in [-0.39, 0.29) is 17.4 Å². The first-order valence-corrected chi connectivity index (χ1v) is 13.6. The number of para-hydroxylation sites is 1. The highest BCUT2D eigenvalue weighted by molar-refractivity contribution is 6.03. The minimum Gasteiger partial charge on any atom is -0.494 e. The molecule has 0 spiro atoms. The number of carbonyl (C=O) groups excluding carboxylic acids is 2. The molecule has 4 aromatic rings. The van der Waals surface area contributed by atoms with Crippen molar-refractivity contribution in [2.24, 2.45) is 0 Å². The van der Waals surface area contributed by atoms with E-state index in [1.165, 1.54) is 19.4 Å². The Morgan fingerprint density at radius 2 is 1.95 bits per heavy atom. The maximum atomic E-state index is 12.8. The number of rotatable bonds is 11. The van der Waals surface area contributed by atoms with Crippen molar-refractivity contribution in [1.29, 1.82) is 0 Å². The fraction of sp³-hybridized carbons (Fsp3) is 0.300. The van der Waals surface area contributed by atoms with Gasteiger partial charge >= 0.3 is 5.97 Å². The molecule has 224 valence electrons. The number of benzene rings is 2. The van der Waals surface area contributed by atoms with Gasteiger partial charge in [0.25, 0.3) is 0 Å². The standard InChI is InChI=1S/C30H34N8O5/c1-7-25(39)32-20-15-21(24(41-5)16-22(20)37(4)12-11-36(2)3)33-30-31-17-19(29(40)42-6)26(34-30)27-18-9-8-10-23-28(18)38(35-27)13-14-43-23/h7-10,15-17H,1,11-14H2,2-6H3,(H,32,39)(H,31,33,34). The molecule has 13 nitrogen and oxygen atoms in total. The fourth-order valence-electron chi connectivity index (χ4n) is 4.81. The Bertz CT molecular complexity index is 1700. The van der Waals surface area contributed by atoms with Crippen LogP contribution in [-0.4, -0.2) is 91.6 Å². The van der Waals surface area contributed by atoms with Crippen LogP contribution < -0.4 is 25.0 Å². The second-order valence-electron chi connectivity index (χ2n) is 10.1. The predicted molar refractivity (Wildman–Crippen MR) is 165 cm³/mol. The zero-order valence-electron chi connectivity index (χ0n) is 24.8. The van der Waals surface area contributed by atoms with Crippen molar-refractivity contribution in [1.82, 2.24) is 24.6 Å². The molecule has 0 saturated heterocycles. The summed E-state index contributed by atoms with van der Waals surface area (Å²) in [4.78, 5) is 38.4. The Hall–Kier alpha value is -5.17. The van der Waals surface area contributed by atoms with Gasteiger partial charge in [0.15, 0.2) is 0 Å². The number of hydrogen-bond acceptors (Lipinski definition) is 11. The van der Waals surface area contributed by atoms with Crippen LogP contribution >= 0.6 is 0 Å². The summed E-state index contributed by atoms with van der Waals surface area (Å²) < 4.78 is 18.4. The summed E-state index contributed by atoms with van der Waals surface area (Å²) in [5, 5.41) is 11.6. The monoisotopic (exact) mass is 586 g/mol. The summed E-state index contributed by atoms with van der Waals surface area (Å²) in [6, 6.07) is 9.24. The molecule has 1 aliphatic heterocycles. The number of anilines is 4. The number of ether oxygens (including phenoxy) is 3. The van der Waals surface area contributed by atoms with Gasteiger partial charge in [-0.15, -0.1) is 0 Å². The van der Waals surface area contributed by atoms with Crippen molar-refractivity contribution in [3.8, 4) is 22.9 Å². The number of carbonyl (C=O) groups is 2. The lowest BCUT2D eigenvalue weighted by molar-refractivity contribution is -0.111. The molecule has 1 aliphatic rings. The first-order chi connectivity index (χ1) is 20.7. The fourth-order valence-corrected chi connectivity index (χ4v) is 4.81. The second-order valence-corrected chi connectivity index (χ2v) is 10.1. The minimum absolute atomic E-state index is 0.161. The first-order valence-electron chi connectivity index (χ1n) is 13.6. The summed E-state index contributed by atoms with van der Waals surface area (Å²) in [6.45, 7) is 6.12. The molecule has 0 saturated carbocycles. The highest BCUT2D eigenvalue weighted by Crippen LogP contribution is 2.39. The van der Waals surface area contributed by atoms with Crippen molar-refractivity contribution in [2.75, 3.05) is 70.6 Å². The van der Waals surface area contributed by atoms with Gasteiger partial charge < -0.3 is 34.6 Å². The van der Waals surface area contributed by atoms with Crippen LogP contribution in [0.4, 0.5) is 23.0 Å². The number of nitrogens with zero attached hydrogens (tertiary/aromatic N) is 6. The number of methoxy groups -OCH3 is 2. The summed E-state index contributed by atoms with van der Waals surface area (Å²) >= 11 is 0. The minimum atomic E-state index is -0.594. The quantitative estimate of drug-likeness (QED) is 0.197. The SMILES string of the molecule is C=CC(=O)Nc1cc(Nc2ncc(C(=O)OC)c(-c3nn4c5c(cccc35)OCC4)n2)c(OC)cc1N(C)CCN(C)C. The number of hydrogen-bond donors (Lipinski definition) is 2. The molecule has 43 heavy (non-hydrogen) atoms. The average molecular weight is 587 g/mol. The number of amides is 1. The molecule has 1 amide bonds. The molecule has 0 radical (unpaired) electrons. The molecule has 5 rings (SSSR count). The van der Waals surface area contributed by atoms with Crippen LogP contribution in [0.15, 0.2) is 49.2 Å². The second kappa shape index (κ2) is 12.4. The molecule has 2 aromatic heterocycles. The maximum Gasteiger partial charge on any atom is 0.341 e. The van der Waals surface area contributed by atoms with E-state index in [2.05, 4.69) is 27.1 Å². The van der Waals surface area contributed by atoms with E-state index in [1.807, 2.05) is 55.0 Å². The van der Waals surface area contributed by atoms with E-state index in [1.54, 1.807) is 13.2 Å². The Kier molecular flexibility index (Phi) is 8.44. The smallest absolute Gasteiger partial charge is 0.341 e. The van der Waals surface area contributed by atoms with Crippen LogP contribution in [-0.2, 0) is 16.1 Å². The van der Waals surface area contributed by atoms with Gasteiger partial charge in [-0.05, 0) is 32.3 Å². The van der Waals surface area contributed by atoms with Gasteiger partial charge in [-0.1, -0.05) is 18.7 Å². The Morgan fingerprint density at radius 3 is 2.67 bits per heavy atom. The lowest BCUT2D eigenvalue weighted by Crippen LogP contribution is -2.29. The van der Waals surface area contributed by atoms with Crippen LogP contribution in [0.1, 0.15) is 10.4 Å². The highest BCUT2D eigenvalue weighted by atomic mass is 16.5. The molecule has 0 atom stereocenters. The largest absolute Gasteiger partial charge is 0.494 e. The summed E-state index contributed by atoms with van der Waals surface area (Å²) in [7, 11) is 8.78. The highest BCUT2D eigenvalue weighted by Gasteiger charge is 2.26. The zero-order valence-corrected chi connectivity index (χ0v) is 24.8. The van der Waals surface area contributed by atoms with Crippen LogP contribution in [0.2, 0.25) is 0 Å². The van der Waals surface area contributed by atoms with Gasteiger partial charge in [0, 0.05) is 37.8 Å². The number of aromatic nitrogens is 4. The number of esters is 1. The van der Waals surface area contributed by atoms with E-state index < -0.39 is 5.97 Å². The topological polar surface area (TPSA) is 136 Å². The van der Waals surface area contributed by atoms with Gasteiger partial charge in [0.05, 0.1) is 37.8 Å². The summed E-state index contributed by atoms with van der Waals surface area (Å²) in [6.07, 6.45) is 2.61. The third kappa shape index (κ3) is 5.93. The van der Waals surface area contributed by atoms with Gasteiger partial charge in [-0.2, -0.15) is 5.10 Å². The Morgan fingerprint density at radius 1 is 1.14 bits per heavy atom. The van der Waals surface area contributed by atoms with E-state index in [4.69, 9.17) is 24.3 Å². The van der Waals surface area contributed by atoms with Gasteiger partial charge in [-0.3, -0.25) is 9.48 Å². The number of nitrogens with one attached hydrogen (secondary N) is 2. The van der Waals surface area contributed by atoms with Crippen LogP contribution in [0.3, 0.4) is 0 Å². The van der Waals surface area contributed by atoms with Crippen molar-refractivity contribution in [3.63, 3.8) is 0 Å². The molecular weight excluding hydrogens is 552 g/mol. The molecule has 0 bridgehead atoms. The van der Waals surface area contributed by atoms with Crippen LogP contribution in [0.5, 0.6) is 11.5 Å². The van der Waals surface area contributed by atoms with Crippen LogP contribution in [0, 0.1) is 0 Å². The third-order valence-corrected chi connectivity index (χ3v) is 7.01. The predicted octanol–water partition coefficient (Wildman–Crippen LogP) is 3.55. The summed E-state index contributed by atoms with van der Waals surface area (Å²) in [5.74, 6) is 0.434. The van der Waals surface area contributed by atoms with Gasteiger partial charge in [-0.25, -0.2) is 14.8 Å². The Labute approximate surface area is 249 Å². The van der Waals surface area contributed by atoms with E-state index in [0.29, 0.717) is 54.0 Å². The van der Waals surface area contributed by atoms with Gasteiger partial charge in [0.1, 0.15) is 40.6 Å². The van der Waals surface area contributed by atoms with Crippen molar-refractivity contribution in [2.45, 2.75) is 6.54 Å². The molecule has 2 aromatic carbocycles. The number of likely N-dealkylation sites (N-methyl/N-ethyl adjacent to an activating group) is 2. The van der Waals surface area contributed by atoms with Crippen LogP contribution in [0.25, 0.3) is 22.3 Å². The maximum absolute atomic E-state index is 12.8. The lowest BCUT2D eigenvalue weighted by Gasteiger charge is -2.26. The summed E-state index contributed by atoms with van der Waals surface area (Å²) in [5.41, 5.74) is 3.56. The third-order valence-electron chi connectivity index (χ3n) is 7.01. The Balaban J connectivity index is 1.59. The molecule has 13 heteroatoms. The first kappa shape index (κ1) is 29.3. The van der Waals surface area contributed by atoms with E-state index in [9.17, 15) is 9.59 Å². The van der Waals surface area contributed by atoms with E-state index >= 15 is 0 Å². The van der Waals surface area contributed by atoms with Crippen molar-refractivity contribution >= 4 is 45.8 Å². The molecule has 0 unspecified atom stereocenters. The molecular formula is C30H34N8O5. The molecule has 0 fully saturated rings. The lowest BCUT2D eigenvalue weighted by atomic mass is 10.1. The van der Waals surface area contributed by atoms with Gasteiger partial charge in [0.2, 0.25) is 11.9 Å². The molecule has 2 N–H and O–H groups in total. The molecule has 3 heterocycles. The zero-order chi connectivity index (χ0) is 30.7. The van der Waals surface area contributed by atoms with E-state index in [0.717, 1.165) is 23.1 Å². The molecule has 0 aliphatic carbocycles. The van der Waals surface area contributed by atoms with Crippen molar-refractivity contribution in [3.05, 3.63) is 54.7 Å². The van der Waals surface area contributed by atoms with Crippen molar-refractivity contribution < 1.29 is 23.8 Å². The average Bonchev–Trinajstić information content (AvgIpc) is 3.39.